The van der Waals surface area contributed by atoms with Crippen molar-refractivity contribution >= 4 is 11.8 Å². The number of carbonyl (C=O) groups is 1. The number of pyridine rings is 1. The topological polar surface area (TPSA) is 62.2 Å². The fourth-order valence-corrected chi connectivity index (χ4v) is 2.81. The van der Waals surface area contributed by atoms with Crippen LogP contribution in [0.2, 0.25) is 0 Å². The quantitative estimate of drug-likeness (QED) is 0.876. The normalized spacial score (nSPS) is 23.1. The van der Waals surface area contributed by atoms with Gasteiger partial charge in [0.25, 0.3) is 0 Å². The van der Waals surface area contributed by atoms with E-state index in [0.717, 1.165) is 30.0 Å². The Labute approximate surface area is 114 Å². The molecular formula is C15H22N2O2. The number of carboxylic acid groups (broad SMARTS) is 1. The third kappa shape index (κ3) is 3.25. The highest BCUT2D eigenvalue weighted by atomic mass is 16.4. The van der Waals surface area contributed by atoms with Gasteiger partial charge in [0.15, 0.2) is 0 Å². The number of hydrogen-bond acceptors (Lipinski definition) is 3. The van der Waals surface area contributed by atoms with E-state index in [-0.39, 0.29) is 0 Å². The Kier molecular flexibility index (Phi) is 4.08. The van der Waals surface area contributed by atoms with E-state index in [0.29, 0.717) is 17.4 Å². The Morgan fingerprint density at radius 2 is 1.95 bits per heavy atom. The highest BCUT2D eigenvalue weighted by Crippen LogP contribution is 2.27. The van der Waals surface area contributed by atoms with Crippen LogP contribution < -0.4 is 5.32 Å². The Balaban J connectivity index is 2.21. The number of nitrogens with one attached hydrogen (secondary N) is 1. The Morgan fingerprint density at radius 3 is 2.53 bits per heavy atom. The molecule has 0 aromatic carbocycles. The number of aromatic carboxylic acids is 1. The van der Waals surface area contributed by atoms with Gasteiger partial charge in [0.1, 0.15) is 11.4 Å². The van der Waals surface area contributed by atoms with E-state index >= 15 is 0 Å². The summed E-state index contributed by atoms with van der Waals surface area (Å²) in [4.78, 5) is 15.7. The lowest BCUT2D eigenvalue weighted by atomic mass is 9.87. The highest BCUT2D eigenvalue weighted by molar-refractivity contribution is 5.94. The lowest BCUT2D eigenvalue weighted by Gasteiger charge is -2.28. The van der Waals surface area contributed by atoms with Crippen LogP contribution in [0.3, 0.4) is 0 Å². The van der Waals surface area contributed by atoms with Gasteiger partial charge < -0.3 is 10.4 Å². The van der Waals surface area contributed by atoms with E-state index < -0.39 is 5.97 Å². The number of anilines is 1. The smallest absolute Gasteiger partial charge is 0.339 e. The second kappa shape index (κ2) is 5.59. The van der Waals surface area contributed by atoms with Gasteiger partial charge in [0, 0.05) is 11.7 Å². The molecule has 2 rings (SSSR count). The van der Waals surface area contributed by atoms with Crippen LogP contribution in [0.5, 0.6) is 0 Å². The van der Waals surface area contributed by atoms with E-state index in [1.54, 1.807) is 0 Å². The molecule has 1 fully saturated rings. The highest BCUT2D eigenvalue weighted by Gasteiger charge is 2.22. The molecule has 4 nitrogen and oxygen atoms in total. The van der Waals surface area contributed by atoms with Crippen LogP contribution in [-0.2, 0) is 0 Å². The molecule has 0 spiro atoms. The molecule has 2 N–H and O–H groups in total. The van der Waals surface area contributed by atoms with Crippen LogP contribution in [0.25, 0.3) is 0 Å². The molecule has 1 aromatic heterocycles. The number of aromatic nitrogens is 1. The standard InChI is InChI=1S/C15H22N2O2/c1-9-4-6-12(7-5-9)17-14-13(15(18)19)10(2)8-11(3)16-14/h8-9,12H,4-7H2,1-3H3,(H,16,17)(H,18,19). The van der Waals surface area contributed by atoms with Gasteiger partial charge in [-0.3, -0.25) is 0 Å². The van der Waals surface area contributed by atoms with Crippen molar-refractivity contribution in [2.24, 2.45) is 5.92 Å². The van der Waals surface area contributed by atoms with Crippen molar-refractivity contribution in [3.8, 4) is 0 Å². The maximum absolute atomic E-state index is 11.4. The number of carboxylic acids is 1. The molecule has 0 amide bonds. The fraction of sp³-hybridized carbons (Fsp3) is 0.600. The van der Waals surface area contributed by atoms with Crippen molar-refractivity contribution in [3.63, 3.8) is 0 Å². The Bertz CT molecular complexity index is 477. The van der Waals surface area contributed by atoms with E-state index in [1.807, 2.05) is 19.9 Å². The van der Waals surface area contributed by atoms with Gasteiger partial charge in [-0.1, -0.05) is 6.92 Å². The monoisotopic (exact) mass is 262 g/mol. The van der Waals surface area contributed by atoms with E-state index in [4.69, 9.17) is 0 Å². The maximum Gasteiger partial charge on any atom is 0.339 e. The zero-order valence-corrected chi connectivity index (χ0v) is 11.9. The Morgan fingerprint density at radius 1 is 1.32 bits per heavy atom. The number of aryl methyl sites for hydroxylation is 2. The van der Waals surface area contributed by atoms with Crippen LogP contribution in [-0.4, -0.2) is 22.1 Å². The summed E-state index contributed by atoms with van der Waals surface area (Å²) in [6, 6.07) is 2.17. The number of rotatable bonds is 3. The second-order valence-electron chi connectivity index (χ2n) is 5.71. The first-order chi connectivity index (χ1) is 8.97. The predicted octanol–water partition coefficient (Wildman–Crippen LogP) is 3.39. The third-order valence-corrected chi connectivity index (χ3v) is 3.92. The van der Waals surface area contributed by atoms with Gasteiger partial charge in [0.2, 0.25) is 0 Å². The summed E-state index contributed by atoms with van der Waals surface area (Å²) in [6.45, 7) is 5.99. The van der Waals surface area contributed by atoms with Crippen LogP contribution in [0, 0.1) is 19.8 Å². The van der Waals surface area contributed by atoms with Crippen molar-refractivity contribution in [3.05, 3.63) is 22.9 Å². The van der Waals surface area contributed by atoms with Gasteiger partial charge in [-0.25, -0.2) is 9.78 Å². The molecule has 0 saturated heterocycles. The lowest BCUT2D eigenvalue weighted by Crippen LogP contribution is -2.27. The molecule has 4 heteroatoms. The van der Waals surface area contributed by atoms with Crippen LogP contribution >= 0.6 is 0 Å². The Hall–Kier alpha value is -1.58. The molecule has 0 radical (unpaired) electrons. The molecule has 0 aliphatic heterocycles. The summed E-state index contributed by atoms with van der Waals surface area (Å²) < 4.78 is 0. The number of nitrogens with zero attached hydrogens (tertiary/aromatic N) is 1. The molecule has 1 aromatic rings. The molecule has 104 valence electrons. The van der Waals surface area contributed by atoms with Crippen molar-refractivity contribution < 1.29 is 9.90 Å². The summed E-state index contributed by atoms with van der Waals surface area (Å²) in [5.74, 6) is 0.408. The minimum Gasteiger partial charge on any atom is -0.478 e. The van der Waals surface area contributed by atoms with Gasteiger partial charge >= 0.3 is 5.97 Å². The summed E-state index contributed by atoms with van der Waals surface area (Å²) in [5, 5.41) is 12.7. The number of hydrogen-bond donors (Lipinski definition) is 2. The molecular weight excluding hydrogens is 240 g/mol. The van der Waals surface area contributed by atoms with Crippen LogP contribution in [0.1, 0.15) is 54.2 Å². The molecule has 0 atom stereocenters. The lowest BCUT2D eigenvalue weighted by molar-refractivity contribution is 0.0696. The zero-order valence-electron chi connectivity index (χ0n) is 11.9. The van der Waals surface area contributed by atoms with Crippen molar-refractivity contribution in [1.29, 1.82) is 0 Å². The largest absolute Gasteiger partial charge is 0.478 e. The third-order valence-electron chi connectivity index (χ3n) is 3.92. The van der Waals surface area contributed by atoms with Crippen molar-refractivity contribution in [2.75, 3.05) is 5.32 Å². The molecule has 1 heterocycles. The fourth-order valence-electron chi connectivity index (χ4n) is 2.81. The summed E-state index contributed by atoms with van der Waals surface area (Å²) >= 11 is 0. The minimum atomic E-state index is -0.906. The first-order valence-electron chi connectivity index (χ1n) is 6.95. The zero-order chi connectivity index (χ0) is 14.0. The summed E-state index contributed by atoms with van der Waals surface area (Å²) in [7, 11) is 0. The van der Waals surface area contributed by atoms with E-state index in [2.05, 4.69) is 17.2 Å². The molecule has 1 aliphatic carbocycles. The SMILES string of the molecule is Cc1cc(C)c(C(=O)O)c(NC2CCC(C)CC2)n1. The average molecular weight is 262 g/mol. The van der Waals surface area contributed by atoms with Crippen molar-refractivity contribution in [1.82, 2.24) is 4.98 Å². The van der Waals surface area contributed by atoms with Crippen molar-refractivity contribution in [2.45, 2.75) is 52.5 Å². The van der Waals surface area contributed by atoms with Gasteiger partial charge in [-0.15, -0.1) is 0 Å². The predicted molar refractivity (Wildman–Crippen MR) is 75.7 cm³/mol. The summed E-state index contributed by atoms with van der Waals surface area (Å²) in [5.41, 5.74) is 1.94. The van der Waals surface area contributed by atoms with E-state index in [1.165, 1.54) is 12.8 Å². The average Bonchev–Trinajstić information content (AvgIpc) is 2.30. The van der Waals surface area contributed by atoms with Crippen LogP contribution in [0.4, 0.5) is 5.82 Å². The molecule has 19 heavy (non-hydrogen) atoms. The van der Waals surface area contributed by atoms with Gasteiger partial charge in [-0.05, 0) is 57.1 Å². The van der Waals surface area contributed by atoms with Gasteiger partial charge in [-0.2, -0.15) is 0 Å². The molecule has 0 bridgehead atoms. The summed E-state index contributed by atoms with van der Waals surface area (Å²) in [6.07, 6.45) is 4.58. The first kappa shape index (κ1) is 13.8. The minimum absolute atomic E-state index is 0.309. The van der Waals surface area contributed by atoms with Crippen LogP contribution in [0.15, 0.2) is 6.07 Å². The van der Waals surface area contributed by atoms with Gasteiger partial charge in [0.05, 0.1) is 0 Å². The molecule has 0 unspecified atom stereocenters. The molecule has 1 saturated carbocycles. The second-order valence-corrected chi connectivity index (χ2v) is 5.71. The molecule has 1 aliphatic rings. The van der Waals surface area contributed by atoms with E-state index in [9.17, 15) is 9.90 Å². The maximum atomic E-state index is 11.4. The first-order valence-corrected chi connectivity index (χ1v) is 6.95.